The van der Waals surface area contributed by atoms with Crippen LogP contribution in [0.5, 0.6) is 0 Å². The van der Waals surface area contributed by atoms with Crippen molar-refractivity contribution < 1.29 is 4.74 Å². The summed E-state index contributed by atoms with van der Waals surface area (Å²) in [4.78, 5) is 0. The number of nitrogens with zero attached hydrogens (tertiary/aromatic N) is 4. The zero-order chi connectivity index (χ0) is 13.9. The molecule has 0 aliphatic heterocycles. The Morgan fingerprint density at radius 1 is 1.26 bits per heavy atom. The number of aromatic nitrogens is 4. The average Bonchev–Trinajstić information content (AvgIpc) is 2.81. The number of hydrogen-bond acceptors (Lipinski definition) is 5. The van der Waals surface area contributed by atoms with E-state index in [2.05, 4.69) is 41.6 Å². The van der Waals surface area contributed by atoms with E-state index in [1.54, 1.807) is 0 Å². The summed E-state index contributed by atoms with van der Waals surface area (Å²) in [7, 11) is 0. The van der Waals surface area contributed by atoms with Crippen LogP contribution < -0.4 is 5.32 Å². The van der Waals surface area contributed by atoms with Gasteiger partial charge in [0.05, 0.1) is 6.54 Å². The minimum Gasteiger partial charge on any atom is -0.381 e. The zero-order valence-electron chi connectivity index (χ0n) is 12.4. The van der Waals surface area contributed by atoms with E-state index in [1.165, 1.54) is 6.42 Å². The largest absolute Gasteiger partial charge is 0.381 e. The van der Waals surface area contributed by atoms with Gasteiger partial charge in [-0.25, -0.2) is 4.68 Å². The average molecular weight is 269 g/mol. The highest BCUT2D eigenvalue weighted by Crippen LogP contribution is 1.97. The van der Waals surface area contributed by atoms with E-state index < -0.39 is 0 Å². The van der Waals surface area contributed by atoms with Gasteiger partial charge in [-0.3, -0.25) is 0 Å². The van der Waals surface area contributed by atoms with Gasteiger partial charge in [0.2, 0.25) is 0 Å². The molecule has 1 heterocycles. The van der Waals surface area contributed by atoms with Gasteiger partial charge in [-0.1, -0.05) is 27.2 Å². The van der Waals surface area contributed by atoms with Gasteiger partial charge < -0.3 is 10.1 Å². The lowest BCUT2D eigenvalue weighted by Crippen LogP contribution is -2.22. The van der Waals surface area contributed by atoms with Gasteiger partial charge in [0, 0.05) is 19.8 Å². The Morgan fingerprint density at radius 3 is 2.79 bits per heavy atom. The Balaban J connectivity index is 2.17. The molecule has 1 N–H and O–H groups in total. The molecule has 19 heavy (non-hydrogen) atoms. The lowest BCUT2D eigenvalue weighted by molar-refractivity contribution is 0.125. The predicted octanol–water partition coefficient (Wildman–Crippen LogP) is 1.63. The molecule has 0 unspecified atom stereocenters. The number of ether oxygens (including phenoxy) is 1. The SMILES string of the molecule is CCCCOCCCn1nnnc1CNCC(C)C. The van der Waals surface area contributed by atoms with Crippen LogP contribution in [0.2, 0.25) is 0 Å². The van der Waals surface area contributed by atoms with Gasteiger partial charge in [0.25, 0.3) is 0 Å². The summed E-state index contributed by atoms with van der Waals surface area (Å²) in [6.07, 6.45) is 3.26. The second kappa shape index (κ2) is 9.86. The third-order valence-electron chi connectivity index (χ3n) is 2.74. The number of tetrazole rings is 1. The summed E-state index contributed by atoms with van der Waals surface area (Å²) < 4.78 is 7.38. The molecule has 0 fully saturated rings. The lowest BCUT2D eigenvalue weighted by atomic mass is 10.2. The first kappa shape index (κ1) is 16.0. The normalized spacial score (nSPS) is 11.4. The van der Waals surface area contributed by atoms with Crippen molar-refractivity contribution in [3.63, 3.8) is 0 Å². The van der Waals surface area contributed by atoms with Crippen molar-refractivity contribution in [1.29, 1.82) is 0 Å². The maximum absolute atomic E-state index is 5.53. The monoisotopic (exact) mass is 269 g/mol. The molecule has 0 saturated carbocycles. The van der Waals surface area contributed by atoms with Crippen molar-refractivity contribution in [2.24, 2.45) is 5.92 Å². The summed E-state index contributed by atoms with van der Waals surface area (Å²) in [5.41, 5.74) is 0. The Hall–Kier alpha value is -1.01. The van der Waals surface area contributed by atoms with Crippen LogP contribution in [-0.4, -0.2) is 40.0 Å². The molecule has 0 spiro atoms. The highest BCUT2D eigenvalue weighted by molar-refractivity contribution is 4.79. The van der Waals surface area contributed by atoms with E-state index in [0.717, 1.165) is 51.5 Å². The Morgan fingerprint density at radius 2 is 2.05 bits per heavy atom. The Kier molecular flexibility index (Phi) is 8.33. The first-order chi connectivity index (χ1) is 9.24. The lowest BCUT2D eigenvalue weighted by Gasteiger charge is -2.08. The molecule has 1 aromatic rings. The van der Waals surface area contributed by atoms with Crippen LogP contribution in [0.25, 0.3) is 0 Å². The van der Waals surface area contributed by atoms with Crippen molar-refractivity contribution in [3.05, 3.63) is 5.82 Å². The third kappa shape index (κ3) is 7.22. The Labute approximate surface area is 115 Å². The minimum absolute atomic E-state index is 0.635. The molecule has 0 aliphatic rings. The molecule has 0 atom stereocenters. The summed E-state index contributed by atoms with van der Waals surface area (Å²) in [6.45, 7) is 10.7. The first-order valence-electron chi connectivity index (χ1n) is 7.27. The van der Waals surface area contributed by atoms with Crippen LogP contribution in [0, 0.1) is 5.92 Å². The standard InChI is InChI=1S/C13H27N5O/c1-4-5-8-19-9-6-7-18-13(15-16-17-18)11-14-10-12(2)3/h12,14H,4-11H2,1-3H3. The number of aryl methyl sites for hydroxylation is 1. The van der Waals surface area contributed by atoms with Gasteiger partial charge >= 0.3 is 0 Å². The van der Waals surface area contributed by atoms with Crippen LogP contribution in [-0.2, 0) is 17.8 Å². The van der Waals surface area contributed by atoms with Gasteiger partial charge in [-0.05, 0) is 35.7 Å². The summed E-state index contributed by atoms with van der Waals surface area (Å²) in [6, 6.07) is 0. The quantitative estimate of drug-likeness (QED) is 0.618. The smallest absolute Gasteiger partial charge is 0.165 e. The molecule has 6 heteroatoms. The molecule has 6 nitrogen and oxygen atoms in total. The summed E-state index contributed by atoms with van der Waals surface area (Å²) >= 11 is 0. The van der Waals surface area contributed by atoms with Gasteiger partial charge in [0.15, 0.2) is 5.82 Å². The molecule has 1 rings (SSSR count). The second-order valence-corrected chi connectivity index (χ2v) is 5.16. The van der Waals surface area contributed by atoms with E-state index in [1.807, 2.05) is 4.68 Å². The second-order valence-electron chi connectivity index (χ2n) is 5.16. The van der Waals surface area contributed by atoms with Gasteiger partial charge in [-0.15, -0.1) is 5.10 Å². The van der Waals surface area contributed by atoms with Crippen molar-refractivity contribution in [2.45, 2.75) is 53.1 Å². The number of unbranched alkanes of at least 4 members (excludes halogenated alkanes) is 1. The number of hydrogen-bond donors (Lipinski definition) is 1. The minimum atomic E-state index is 0.635. The maximum atomic E-state index is 5.53. The number of rotatable bonds is 11. The fourth-order valence-electron chi connectivity index (χ4n) is 1.66. The van der Waals surface area contributed by atoms with Crippen molar-refractivity contribution in [1.82, 2.24) is 25.5 Å². The fourth-order valence-corrected chi connectivity index (χ4v) is 1.66. The van der Waals surface area contributed by atoms with Crippen LogP contribution in [0.3, 0.4) is 0 Å². The molecule has 0 aromatic carbocycles. The van der Waals surface area contributed by atoms with E-state index in [-0.39, 0.29) is 0 Å². The molecule has 0 saturated heterocycles. The van der Waals surface area contributed by atoms with Gasteiger partial charge in [-0.2, -0.15) is 0 Å². The van der Waals surface area contributed by atoms with Crippen molar-refractivity contribution >= 4 is 0 Å². The van der Waals surface area contributed by atoms with E-state index in [9.17, 15) is 0 Å². The fraction of sp³-hybridized carbons (Fsp3) is 0.923. The molecule has 0 radical (unpaired) electrons. The van der Waals surface area contributed by atoms with Crippen LogP contribution in [0.15, 0.2) is 0 Å². The summed E-state index contributed by atoms with van der Waals surface area (Å²) in [5.74, 6) is 1.53. The predicted molar refractivity (Wildman–Crippen MR) is 74.7 cm³/mol. The van der Waals surface area contributed by atoms with E-state index in [4.69, 9.17) is 4.74 Å². The van der Waals surface area contributed by atoms with Crippen LogP contribution in [0.1, 0.15) is 45.9 Å². The molecule has 0 amide bonds. The molecule has 0 aliphatic carbocycles. The molecule has 1 aromatic heterocycles. The van der Waals surface area contributed by atoms with Crippen molar-refractivity contribution in [2.75, 3.05) is 19.8 Å². The zero-order valence-corrected chi connectivity index (χ0v) is 12.4. The number of nitrogens with one attached hydrogen (secondary N) is 1. The van der Waals surface area contributed by atoms with Crippen LogP contribution in [0.4, 0.5) is 0 Å². The summed E-state index contributed by atoms with van der Waals surface area (Å²) in [5, 5.41) is 15.1. The maximum Gasteiger partial charge on any atom is 0.165 e. The molecule has 0 bridgehead atoms. The molecular weight excluding hydrogens is 242 g/mol. The highest BCUT2D eigenvalue weighted by atomic mass is 16.5. The van der Waals surface area contributed by atoms with Gasteiger partial charge in [0.1, 0.15) is 0 Å². The topological polar surface area (TPSA) is 64.9 Å². The van der Waals surface area contributed by atoms with Crippen molar-refractivity contribution in [3.8, 4) is 0 Å². The van der Waals surface area contributed by atoms with Crippen LogP contribution >= 0.6 is 0 Å². The van der Waals surface area contributed by atoms with E-state index in [0.29, 0.717) is 5.92 Å². The Bertz CT molecular complexity index is 327. The van der Waals surface area contributed by atoms with E-state index >= 15 is 0 Å². The molecule has 110 valence electrons. The third-order valence-corrected chi connectivity index (χ3v) is 2.74. The molecular formula is C13H27N5O. The highest BCUT2D eigenvalue weighted by Gasteiger charge is 2.05. The first-order valence-corrected chi connectivity index (χ1v) is 7.27.